The third-order valence-corrected chi connectivity index (χ3v) is 6.83. The van der Waals surface area contributed by atoms with E-state index < -0.39 is 5.97 Å². The number of thioether (sulfide) groups is 1. The first-order valence-electron chi connectivity index (χ1n) is 10.4. The van der Waals surface area contributed by atoms with E-state index in [0.717, 1.165) is 5.75 Å². The molecule has 1 heterocycles. The Labute approximate surface area is 210 Å². The number of hydrogen-bond donors (Lipinski definition) is 2. The van der Waals surface area contributed by atoms with Gasteiger partial charge in [-0.2, -0.15) is 0 Å². The number of aromatic nitrogens is 1. The Hall–Kier alpha value is -2.97. The fourth-order valence-corrected chi connectivity index (χ4v) is 5.20. The van der Waals surface area contributed by atoms with Gasteiger partial charge < -0.3 is 10.4 Å². The molecule has 4 aromatic rings. The first-order valence-corrected chi connectivity index (χ1v) is 11.4. The predicted molar refractivity (Wildman–Crippen MR) is 139 cm³/mol. The van der Waals surface area contributed by atoms with E-state index >= 15 is 0 Å². The van der Waals surface area contributed by atoms with Crippen LogP contribution in [0, 0.1) is 0 Å². The van der Waals surface area contributed by atoms with Crippen LogP contribution in [-0.4, -0.2) is 47.2 Å². The maximum absolute atomic E-state index is 11.0. The Morgan fingerprint density at radius 2 is 1.27 bits per heavy atom. The van der Waals surface area contributed by atoms with Gasteiger partial charge in [-0.3, -0.25) is 0 Å². The van der Waals surface area contributed by atoms with Crippen molar-refractivity contribution in [1.29, 1.82) is 0 Å². The van der Waals surface area contributed by atoms with Crippen molar-refractivity contribution in [3.05, 3.63) is 132 Å². The van der Waals surface area contributed by atoms with Crippen molar-refractivity contribution >= 4 is 42.4 Å². The summed E-state index contributed by atoms with van der Waals surface area (Å²) in [7, 11) is 0. The number of carboxylic acids is 1. The van der Waals surface area contributed by atoms with Crippen molar-refractivity contribution in [3.8, 4) is 0 Å². The molecule has 0 saturated heterocycles. The van der Waals surface area contributed by atoms with Crippen molar-refractivity contribution in [2.75, 3.05) is 17.6 Å². The molecule has 0 spiro atoms. The minimum absolute atomic E-state index is 0. The molecule has 1 aromatic heterocycles. The SMILES string of the molecule is O=C(O)c1ccc(NCCSC(c2ccccc2)(c2ccccc2)c2ccccc2)nc1.[LiH]. The molecule has 4 nitrogen and oxygen atoms in total. The zero-order valence-corrected chi connectivity index (χ0v) is 18.3. The number of carboxylic acid groups (broad SMARTS) is 1. The van der Waals surface area contributed by atoms with Crippen LogP contribution in [0.25, 0.3) is 0 Å². The van der Waals surface area contributed by atoms with E-state index in [4.69, 9.17) is 5.11 Å². The molecule has 0 unspecified atom stereocenters. The van der Waals surface area contributed by atoms with Crippen LogP contribution in [0.5, 0.6) is 0 Å². The number of carbonyl (C=O) groups is 1. The van der Waals surface area contributed by atoms with Gasteiger partial charge in [0.15, 0.2) is 0 Å². The molecular weight excluding hydrogens is 423 g/mol. The number of nitrogens with zero attached hydrogens (tertiary/aromatic N) is 1. The standard InChI is InChI=1S/C27H24N2O2S.Li.H/c30-26(31)21-16-17-25(29-20-21)28-18-19-32-27(22-10-4-1-5-11-22,23-12-6-2-7-13-23)24-14-8-3-9-15-24;;/h1-17,20H,18-19H2,(H,28,29)(H,30,31);;. The van der Waals surface area contributed by atoms with E-state index in [-0.39, 0.29) is 29.2 Å². The number of anilines is 1. The Balaban J connectivity index is 0.00000306. The summed E-state index contributed by atoms with van der Waals surface area (Å²) in [4.78, 5) is 15.2. The van der Waals surface area contributed by atoms with E-state index in [1.54, 1.807) is 12.1 Å². The first-order chi connectivity index (χ1) is 15.7. The summed E-state index contributed by atoms with van der Waals surface area (Å²) < 4.78 is -0.355. The quantitative estimate of drug-likeness (QED) is 0.208. The second-order valence-corrected chi connectivity index (χ2v) is 8.60. The molecule has 3 aromatic carbocycles. The van der Waals surface area contributed by atoms with Crippen molar-refractivity contribution in [3.63, 3.8) is 0 Å². The normalized spacial score (nSPS) is 10.8. The van der Waals surface area contributed by atoms with Gasteiger partial charge in [0, 0.05) is 18.5 Å². The molecule has 4 rings (SSSR count). The summed E-state index contributed by atoms with van der Waals surface area (Å²) in [5, 5.41) is 12.4. The Kier molecular flexibility index (Phi) is 8.79. The van der Waals surface area contributed by atoms with E-state index in [2.05, 4.69) is 83.1 Å². The van der Waals surface area contributed by atoms with Crippen molar-refractivity contribution in [2.45, 2.75) is 4.75 Å². The molecule has 162 valence electrons. The summed E-state index contributed by atoms with van der Waals surface area (Å²) in [6, 6.07) is 35.0. The topological polar surface area (TPSA) is 62.2 Å². The van der Waals surface area contributed by atoms with Gasteiger partial charge in [0.05, 0.1) is 10.3 Å². The van der Waals surface area contributed by atoms with Gasteiger partial charge in [0.1, 0.15) is 5.82 Å². The predicted octanol–water partition coefficient (Wildman–Crippen LogP) is 5.27. The zero-order valence-electron chi connectivity index (χ0n) is 17.5. The van der Waals surface area contributed by atoms with Gasteiger partial charge >= 0.3 is 24.8 Å². The first kappa shape index (κ1) is 24.7. The third-order valence-electron chi connectivity index (χ3n) is 5.28. The number of nitrogens with one attached hydrogen (secondary N) is 1. The fraction of sp³-hybridized carbons (Fsp3) is 0.111. The third kappa shape index (κ3) is 5.69. The summed E-state index contributed by atoms with van der Waals surface area (Å²) in [5.74, 6) is 0.513. The van der Waals surface area contributed by atoms with Gasteiger partial charge in [-0.15, -0.1) is 11.8 Å². The summed E-state index contributed by atoms with van der Waals surface area (Å²) in [6.07, 6.45) is 1.38. The maximum atomic E-state index is 11.0. The number of hydrogen-bond acceptors (Lipinski definition) is 4. The van der Waals surface area contributed by atoms with Gasteiger partial charge in [-0.05, 0) is 28.8 Å². The molecule has 0 aliphatic heterocycles. The Morgan fingerprint density at radius 1 is 0.788 bits per heavy atom. The summed E-state index contributed by atoms with van der Waals surface area (Å²) >= 11 is 1.87. The van der Waals surface area contributed by atoms with Crippen LogP contribution >= 0.6 is 11.8 Å². The fourth-order valence-electron chi connectivity index (χ4n) is 3.78. The number of aromatic carboxylic acids is 1. The Morgan fingerprint density at radius 3 is 1.67 bits per heavy atom. The van der Waals surface area contributed by atoms with Crippen LogP contribution in [0.15, 0.2) is 109 Å². The average molecular weight is 449 g/mol. The second kappa shape index (κ2) is 11.8. The van der Waals surface area contributed by atoms with Gasteiger partial charge in [-0.25, -0.2) is 9.78 Å². The molecule has 0 saturated carbocycles. The Bertz CT molecular complexity index is 1040. The van der Waals surface area contributed by atoms with Gasteiger partial charge in [-0.1, -0.05) is 91.0 Å². The van der Waals surface area contributed by atoms with Crippen molar-refractivity contribution in [1.82, 2.24) is 4.98 Å². The molecule has 0 bridgehead atoms. The van der Waals surface area contributed by atoms with Gasteiger partial charge in [0.2, 0.25) is 0 Å². The molecule has 0 amide bonds. The number of pyridine rings is 1. The molecule has 2 N–H and O–H groups in total. The van der Waals surface area contributed by atoms with Crippen LogP contribution in [0.4, 0.5) is 5.82 Å². The second-order valence-electron chi connectivity index (χ2n) is 7.29. The van der Waals surface area contributed by atoms with E-state index in [0.29, 0.717) is 12.4 Å². The molecule has 6 heteroatoms. The molecular formula is C27H25LiN2O2S. The van der Waals surface area contributed by atoms with Crippen LogP contribution in [0.2, 0.25) is 0 Å². The summed E-state index contributed by atoms with van der Waals surface area (Å²) in [6.45, 7) is 0.693. The molecule has 33 heavy (non-hydrogen) atoms. The molecule has 0 aliphatic rings. The average Bonchev–Trinajstić information content (AvgIpc) is 2.86. The molecule has 0 fully saturated rings. The molecule has 0 atom stereocenters. The number of benzene rings is 3. The molecule has 0 aliphatic carbocycles. The van der Waals surface area contributed by atoms with Crippen molar-refractivity contribution < 1.29 is 9.90 Å². The van der Waals surface area contributed by atoms with E-state index in [1.807, 2.05) is 30.0 Å². The van der Waals surface area contributed by atoms with Crippen LogP contribution < -0.4 is 5.32 Å². The monoisotopic (exact) mass is 448 g/mol. The van der Waals surface area contributed by atoms with Gasteiger partial charge in [0.25, 0.3) is 0 Å². The number of rotatable bonds is 9. The zero-order chi connectivity index (χ0) is 22.2. The minimum atomic E-state index is -0.974. The van der Waals surface area contributed by atoms with E-state index in [1.165, 1.54) is 22.9 Å². The molecule has 0 radical (unpaired) electrons. The van der Waals surface area contributed by atoms with Crippen LogP contribution in [0.1, 0.15) is 27.0 Å². The van der Waals surface area contributed by atoms with E-state index in [9.17, 15) is 4.79 Å². The van der Waals surface area contributed by atoms with Crippen LogP contribution in [0.3, 0.4) is 0 Å². The van der Waals surface area contributed by atoms with Crippen LogP contribution in [-0.2, 0) is 4.75 Å². The summed E-state index contributed by atoms with van der Waals surface area (Å²) in [5.41, 5.74) is 3.87. The van der Waals surface area contributed by atoms with Crippen molar-refractivity contribution in [2.24, 2.45) is 0 Å².